The predicted octanol–water partition coefficient (Wildman–Crippen LogP) is 2.67. The Morgan fingerprint density at radius 1 is 1.30 bits per heavy atom. The molecule has 23 heavy (non-hydrogen) atoms. The van der Waals surface area contributed by atoms with Crippen LogP contribution in [0.5, 0.6) is 5.75 Å². The van der Waals surface area contributed by atoms with E-state index in [2.05, 4.69) is 26.8 Å². The van der Waals surface area contributed by atoms with Gasteiger partial charge in [-0.1, -0.05) is 29.8 Å². The second kappa shape index (κ2) is 8.31. The summed E-state index contributed by atoms with van der Waals surface area (Å²) < 4.78 is 0.599. The number of carbonyl (C=O) groups excluding carboxylic acids is 1. The van der Waals surface area contributed by atoms with Crippen LogP contribution in [0.2, 0.25) is 5.02 Å². The van der Waals surface area contributed by atoms with E-state index in [-0.39, 0.29) is 18.2 Å². The molecular formula is C16H17BrClN3O2. The van der Waals surface area contributed by atoms with Gasteiger partial charge in [0.1, 0.15) is 5.75 Å². The van der Waals surface area contributed by atoms with Gasteiger partial charge < -0.3 is 10.8 Å². The number of carbonyl (C=O) groups is 1. The van der Waals surface area contributed by atoms with Crippen molar-refractivity contribution in [1.82, 2.24) is 10.9 Å². The third kappa shape index (κ3) is 4.94. The van der Waals surface area contributed by atoms with Gasteiger partial charge in [0, 0.05) is 18.1 Å². The standard InChI is InChI=1S/C16H17BrClN3O2/c17-14-6-10(4-5-15(14)22)9-20-21-16(23)13(8-19)11-2-1-3-12(18)7-11/h1-7,13,20,22H,8-9,19H2,(H,21,23)/t13-/m1/s1. The minimum absolute atomic E-state index is 0.168. The summed E-state index contributed by atoms with van der Waals surface area (Å²) in [5.41, 5.74) is 12.9. The molecule has 2 rings (SSSR count). The van der Waals surface area contributed by atoms with Crippen LogP contribution < -0.4 is 16.6 Å². The average molecular weight is 399 g/mol. The second-order valence-electron chi connectivity index (χ2n) is 4.97. The molecule has 1 amide bonds. The van der Waals surface area contributed by atoms with Crippen LogP contribution in [0, 0.1) is 0 Å². The maximum Gasteiger partial charge on any atom is 0.242 e. The van der Waals surface area contributed by atoms with Crippen molar-refractivity contribution in [1.29, 1.82) is 0 Å². The van der Waals surface area contributed by atoms with E-state index in [9.17, 15) is 9.90 Å². The first-order chi connectivity index (χ1) is 11.0. The lowest BCUT2D eigenvalue weighted by molar-refractivity contribution is -0.123. The predicted molar refractivity (Wildman–Crippen MR) is 94.0 cm³/mol. The van der Waals surface area contributed by atoms with Gasteiger partial charge in [0.25, 0.3) is 0 Å². The number of nitrogens with one attached hydrogen (secondary N) is 2. The summed E-state index contributed by atoms with van der Waals surface area (Å²) >= 11 is 9.19. The van der Waals surface area contributed by atoms with Gasteiger partial charge >= 0.3 is 0 Å². The maximum atomic E-state index is 12.3. The fourth-order valence-electron chi connectivity index (χ4n) is 2.10. The molecule has 0 aliphatic rings. The van der Waals surface area contributed by atoms with Crippen LogP contribution in [0.4, 0.5) is 0 Å². The van der Waals surface area contributed by atoms with Crippen LogP contribution in [-0.4, -0.2) is 17.6 Å². The van der Waals surface area contributed by atoms with Crippen LogP contribution in [-0.2, 0) is 11.3 Å². The number of hydrazine groups is 1. The highest BCUT2D eigenvalue weighted by Gasteiger charge is 2.18. The number of amides is 1. The van der Waals surface area contributed by atoms with Crippen molar-refractivity contribution in [3.05, 3.63) is 63.1 Å². The summed E-state index contributed by atoms with van der Waals surface area (Å²) in [5, 5.41) is 10.0. The molecule has 0 fully saturated rings. The Bertz CT molecular complexity index is 697. The molecular weight excluding hydrogens is 382 g/mol. The topological polar surface area (TPSA) is 87.4 Å². The van der Waals surface area contributed by atoms with Crippen molar-refractivity contribution in [3.63, 3.8) is 0 Å². The molecule has 7 heteroatoms. The van der Waals surface area contributed by atoms with Crippen molar-refractivity contribution < 1.29 is 9.90 Å². The number of nitrogens with two attached hydrogens (primary N) is 1. The lowest BCUT2D eigenvalue weighted by atomic mass is 9.99. The molecule has 0 unspecified atom stereocenters. The van der Waals surface area contributed by atoms with Crippen molar-refractivity contribution in [2.45, 2.75) is 12.5 Å². The molecule has 0 saturated carbocycles. The number of aromatic hydroxyl groups is 1. The first-order valence-corrected chi connectivity index (χ1v) is 8.14. The van der Waals surface area contributed by atoms with Gasteiger partial charge in [-0.2, -0.15) is 0 Å². The van der Waals surface area contributed by atoms with E-state index >= 15 is 0 Å². The smallest absolute Gasteiger partial charge is 0.242 e. The summed E-state index contributed by atoms with van der Waals surface area (Å²) in [6.45, 7) is 0.593. The maximum absolute atomic E-state index is 12.3. The summed E-state index contributed by atoms with van der Waals surface area (Å²) in [6.07, 6.45) is 0. The highest BCUT2D eigenvalue weighted by Crippen LogP contribution is 2.24. The molecule has 0 aromatic heterocycles. The van der Waals surface area contributed by atoms with Gasteiger partial charge in [-0.3, -0.25) is 10.2 Å². The number of hydrogen-bond donors (Lipinski definition) is 4. The van der Waals surface area contributed by atoms with Gasteiger partial charge in [-0.05, 0) is 51.3 Å². The number of phenols is 1. The molecule has 0 saturated heterocycles. The Balaban J connectivity index is 1.93. The van der Waals surface area contributed by atoms with E-state index < -0.39 is 5.92 Å². The Morgan fingerprint density at radius 2 is 2.09 bits per heavy atom. The van der Waals surface area contributed by atoms with Crippen LogP contribution in [0.15, 0.2) is 46.9 Å². The van der Waals surface area contributed by atoms with Gasteiger partial charge in [-0.25, -0.2) is 5.43 Å². The molecule has 1 atom stereocenters. The molecule has 0 heterocycles. The Kier molecular flexibility index (Phi) is 6.41. The lowest BCUT2D eigenvalue weighted by Crippen LogP contribution is -2.41. The monoisotopic (exact) mass is 397 g/mol. The van der Waals surface area contributed by atoms with Gasteiger partial charge in [0.15, 0.2) is 0 Å². The molecule has 122 valence electrons. The molecule has 0 aliphatic heterocycles. The molecule has 2 aromatic rings. The Hall–Kier alpha value is -1.60. The second-order valence-corrected chi connectivity index (χ2v) is 6.26. The molecule has 0 bridgehead atoms. The van der Waals surface area contributed by atoms with Crippen LogP contribution >= 0.6 is 27.5 Å². The van der Waals surface area contributed by atoms with Crippen molar-refractivity contribution >= 4 is 33.4 Å². The van der Waals surface area contributed by atoms with Crippen LogP contribution in [0.3, 0.4) is 0 Å². The third-order valence-corrected chi connectivity index (χ3v) is 4.19. The minimum atomic E-state index is -0.479. The lowest BCUT2D eigenvalue weighted by Gasteiger charge is -2.16. The fourth-order valence-corrected chi connectivity index (χ4v) is 2.72. The number of phenolic OH excluding ortho intramolecular Hbond substituents is 1. The number of hydrogen-bond acceptors (Lipinski definition) is 4. The summed E-state index contributed by atoms with van der Waals surface area (Å²) in [5.74, 6) is -0.540. The summed E-state index contributed by atoms with van der Waals surface area (Å²) in [4.78, 5) is 12.3. The molecule has 0 radical (unpaired) electrons. The first-order valence-electron chi connectivity index (χ1n) is 6.97. The molecule has 5 nitrogen and oxygen atoms in total. The molecule has 0 aliphatic carbocycles. The average Bonchev–Trinajstić information content (AvgIpc) is 2.52. The van der Waals surface area contributed by atoms with E-state index in [1.807, 2.05) is 6.07 Å². The first kappa shape index (κ1) is 17.7. The van der Waals surface area contributed by atoms with E-state index in [0.29, 0.717) is 16.0 Å². The molecule has 5 N–H and O–H groups in total. The zero-order valence-corrected chi connectivity index (χ0v) is 14.6. The van der Waals surface area contributed by atoms with Crippen LogP contribution in [0.25, 0.3) is 0 Å². The number of halogens is 2. The van der Waals surface area contributed by atoms with Gasteiger partial charge in [0.2, 0.25) is 5.91 Å². The van der Waals surface area contributed by atoms with E-state index in [1.165, 1.54) is 0 Å². The van der Waals surface area contributed by atoms with E-state index in [1.54, 1.807) is 36.4 Å². The number of rotatable bonds is 6. The summed E-state index contributed by atoms with van der Waals surface area (Å²) in [7, 11) is 0. The Labute approximate surface area is 147 Å². The molecule has 0 spiro atoms. The third-order valence-electron chi connectivity index (χ3n) is 3.32. The molecule has 2 aromatic carbocycles. The van der Waals surface area contributed by atoms with Crippen molar-refractivity contribution in [2.24, 2.45) is 5.73 Å². The number of benzene rings is 2. The van der Waals surface area contributed by atoms with Crippen molar-refractivity contribution in [3.8, 4) is 5.75 Å². The van der Waals surface area contributed by atoms with E-state index in [4.69, 9.17) is 17.3 Å². The zero-order valence-electron chi connectivity index (χ0n) is 12.2. The normalized spacial score (nSPS) is 12.0. The summed E-state index contributed by atoms with van der Waals surface area (Å²) in [6, 6.07) is 12.2. The highest BCUT2D eigenvalue weighted by atomic mass is 79.9. The fraction of sp³-hybridized carbons (Fsp3) is 0.188. The zero-order chi connectivity index (χ0) is 16.8. The highest BCUT2D eigenvalue weighted by molar-refractivity contribution is 9.10. The largest absolute Gasteiger partial charge is 0.507 e. The minimum Gasteiger partial charge on any atom is -0.507 e. The van der Waals surface area contributed by atoms with Crippen molar-refractivity contribution in [2.75, 3.05) is 6.54 Å². The van der Waals surface area contributed by atoms with E-state index in [0.717, 1.165) is 11.1 Å². The Morgan fingerprint density at radius 3 is 2.74 bits per heavy atom. The quantitative estimate of drug-likeness (QED) is 0.563. The SMILES string of the molecule is NC[C@@H](C(=O)NNCc1ccc(O)c(Br)c1)c1cccc(Cl)c1. The van der Waals surface area contributed by atoms with Gasteiger partial charge in [0.05, 0.1) is 10.4 Å². The van der Waals surface area contributed by atoms with Gasteiger partial charge in [-0.15, -0.1) is 0 Å². The van der Waals surface area contributed by atoms with Crippen LogP contribution in [0.1, 0.15) is 17.0 Å².